The molecule has 86 valence electrons. The Labute approximate surface area is 95.4 Å². The van der Waals surface area contributed by atoms with Crippen molar-refractivity contribution < 1.29 is 14.3 Å². The highest BCUT2D eigenvalue weighted by Crippen LogP contribution is 2.33. The molecular formula is C13H16O3. The number of hydrogen-bond donors (Lipinski definition) is 0. The molecule has 0 spiro atoms. The lowest BCUT2D eigenvalue weighted by Crippen LogP contribution is -2.35. The molecule has 0 aliphatic carbocycles. The Hall–Kier alpha value is -1.35. The fourth-order valence-corrected chi connectivity index (χ4v) is 2.13. The van der Waals surface area contributed by atoms with Gasteiger partial charge in [-0.15, -0.1) is 0 Å². The summed E-state index contributed by atoms with van der Waals surface area (Å²) in [6.45, 7) is 1.32. The summed E-state index contributed by atoms with van der Waals surface area (Å²) >= 11 is 0. The Kier molecular flexibility index (Phi) is 3.25. The first-order chi connectivity index (χ1) is 7.80. The van der Waals surface area contributed by atoms with Crippen LogP contribution in [0.25, 0.3) is 0 Å². The average Bonchev–Trinajstić information content (AvgIpc) is 2.39. The van der Waals surface area contributed by atoms with Gasteiger partial charge in [0.15, 0.2) is 0 Å². The van der Waals surface area contributed by atoms with Gasteiger partial charge in [-0.05, 0) is 30.5 Å². The highest BCUT2D eigenvalue weighted by molar-refractivity contribution is 5.69. The number of hydrogen-bond acceptors (Lipinski definition) is 3. The molecule has 0 aromatic heterocycles. The van der Waals surface area contributed by atoms with Gasteiger partial charge in [0.1, 0.15) is 12.0 Å². The summed E-state index contributed by atoms with van der Waals surface area (Å²) in [7, 11) is 1.64. The number of ether oxygens (including phenoxy) is 2. The second kappa shape index (κ2) is 4.66. The molecule has 2 rings (SSSR count). The Balaban J connectivity index is 2.28. The Morgan fingerprint density at radius 2 is 1.88 bits per heavy atom. The molecule has 0 radical (unpaired) electrons. The lowest BCUT2D eigenvalue weighted by molar-refractivity contribution is -0.115. The van der Waals surface area contributed by atoms with Crippen molar-refractivity contribution in [1.82, 2.24) is 0 Å². The molecule has 3 heteroatoms. The quantitative estimate of drug-likeness (QED) is 0.730. The molecule has 0 N–H and O–H groups in total. The molecule has 1 heterocycles. The van der Waals surface area contributed by atoms with Crippen molar-refractivity contribution >= 4 is 6.29 Å². The lowest BCUT2D eigenvalue weighted by Gasteiger charge is -2.32. The van der Waals surface area contributed by atoms with Gasteiger partial charge in [0.05, 0.1) is 12.5 Å². The van der Waals surface area contributed by atoms with E-state index in [9.17, 15) is 4.79 Å². The van der Waals surface area contributed by atoms with Gasteiger partial charge in [0.25, 0.3) is 0 Å². The molecule has 0 bridgehead atoms. The topological polar surface area (TPSA) is 35.5 Å². The number of benzene rings is 1. The van der Waals surface area contributed by atoms with Crippen LogP contribution in [0.3, 0.4) is 0 Å². The molecular weight excluding hydrogens is 204 g/mol. The van der Waals surface area contributed by atoms with Gasteiger partial charge in [-0.2, -0.15) is 0 Å². The van der Waals surface area contributed by atoms with Crippen LogP contribution in [0.1, 0.15) is 18.4 Å². The second-order valence-corrected chi connectivity index (χ2v) is 4.11. The Bertz CT molecular complexity index is 350. The summed E-state index contributed by atoms with van der Waals surface area (Å²) in [4.78, 5) is 11.3. The highest BCUT2D eigenvalue weighted by atomic mass is 16.5. The van der Waals surface area contributed by atoms with E-state index >= 15 is 0 Å². The standard InChI is InChI=1S/C13H16O3/c1-15-12-4-2-11(3-5-12)13(10-14)6-8-16-9-7-13/h2-5,10H,6-9H2,1H3. The third-order valence-corrected chi connectivity index (χ3v) is 3.28. The summed E-state index contributed by atoms with van der Waals surface area (Å²) in [6, 6.07) is 7.74. The van der Waals surface area contributed by atoms with E-state index < -0.39 is 0 Å². The van der Waals surface area contributed by atoms with Crippen molar-refractivity contribution in [2.45, 2.75) is 18.3 Å². The number of aldehydes is 1. The molecule has 16 heavy (non-hydrogen) atoms. The van der Waals surface area contributed by atoms with E-state index in [0.29, 0.717) is 13.2 Å². The van der Waals surface area contributed by atoms with Gasteiger partial charge in [-0.3, -0.25) is 0 Å². The van der Waals surface area contributed by atoms with Gasteiger partial charge in [0.2, 0.25) is 0 Å². The van der Waals surface area contributed by atoms with Crippen LogP contribution in [-0.2, 0) is 14.9 Å². The van der Waals surface area contributed by atoms with E-state index in [4.69, 9.17) is 9.47 Å². The van der Waals surface area contributed by atoms with E-state index in [0.717, 1.165) is 30.4 Å². The molecule has 1 aromatic rings. The van der Waals surface area contributed by atoms with Gasteiger partial charge >= 0.3 is 0 Å². The van der Waals surface area contributed by atoms with Gasteiger partial charge in [0, 0.05) is 13.2 Å². The SMILES string of the molecule is COc1ccc(C2(C=O)CCOCC2)cc1. The molecule has 0 saturated carbocycles. The highest BCUT2D eigenvalue weighted by Gasteiger charge is 2.34. The first-order valence-corrected chi connectivity index (χ1v) is 5.49. The van der Waals surface area contributed by atoms with Crippen LogP contribution >= 0.6 is 0 Å². The maximum absolute atomic E-state index is 11.3. The third-order valence-electron chi connectivity index (χ3n) is 3.28. The van der Waals surface area contributed by atoms with E-state index in [1.165, 1.54) is 0 Å². The van der Waals surface area contributed by atoms with Crippen molar-refractivity contribution in [3.05, 3.63) is 29.8 Å². The minimum atomic E-state index is -0.357. The number of carbonyl (C=O) groups is 1. The number of methoxy groups -OCH3 is 1. The van der Waals surface area contributed by atoms with Gasteiger partial charge in [-0.1, -0.05) is 12.1 Å². The van der Waals surface area contributed by atoms with Crippen LogP contribution in [0.4, 0.5) is 0 Å². The summed E-state index contributed by atoms with van der Waals surface area (Å²) in [5.74, 6) is 0.817. The molecule has 0 atom stereocenters. The fourth-order valence-electron chi connectivity index (χ4n) is 2.13. The first kappa shape index (κ1) is 11.1. The predicted octanol–water partition coefficient (Wildman–Crippen LogP) is 1.94. The molecule has 1 aromatic carbocycles. The number of rotatable bonds is 3. The van der Waals surface area contributed by atoms with E-state index in [2.05, 4.69) is 0 Å². The summed E-state index contributed by atoms with van der Waals surface area (Å²) < 4.78 is 10.4. The lowest BCUT2D eigenvalue weighted by atomic mass is 9.75. The number of carbonyl (C=O) groups excluding carboxylic acids is 1. The second-order valence-electron chi connectivity index (χ2n) is 4.11. The van der Waals surface area contributed by atoms with Crippen molar-refractivity contribution in [3.63, 3.8) is 0 Å². The van der Waals surface area contributed by atoms with E-state index in [1.54, 1.807) is 7.11 Å². The maximum atomic E-state index is 11.3. The molecule has 3 nitrogen and oxygen atoms in total. The normalized spacial score (nSPS) is 19.1. The fraction of sp³-hybridized carbons (Fsp3) is 0.462. The van der Waals surface area contributed by atoms with Crippen molar-refractivity contribution in [1.29, 1.82) is 0 Å². The molecule has 0 unspecified atom stereocenters. The van der Waals surface area contributed by atoms with Gasteiger partial charge < -0.3 is 14.3 Å². The predicted molar refractivity (Wildman–Crippen MR) is 60.8 cm³/mol. The molecule has 1 aliphatic heterocycles. The minimum Gasteiger partial charge on any atom is -0.497 e. The zero-order valence-corrected chi connectivity index (χ0v) is 9.44. The summed E-state index contributed by atoms with van der Waals surface area (Å²) in [5.41, 5.74) is 0.705. The van der Waals surface area contributed by atoms with Crippen LogP contribution in [0.15, 0.2) is 24.3 Å². The van der Waals surface area contributed by atoms with Crippen LogP contribution in [0, 0.1) is 0 Å². The molecule has 0 amide bonds. The molecule has 1 fully saturated rings. The zero-order valence-electron chi connectivity index (χ0n) is 9.44. The molecule has 1 aliphatic rings. The Morgan fingerprint density at radius 1 is 1.25 bits per heavy atom. The van der Waals surface area contributed by atoms with Crippen LogP contribution in [0.2, 0.25) is 0 Å². The van der Waals surface area contributed by atoms with E-state index in [-0.39, 0.29) is 5.41 Å². The van der Waals surface area contributed by atoms with E-state index in [1.807, 2.05) is 24.3 Å². The van der Waals surface area contributed by atoms with Crippen LogP contribution < -0.4 is 4.74 Å². The maximum Gasteiger partial charge on any atom is 0.130 e. The first-order valence-electron chi connectivity index (χ1n) is 5.49. The summed E-state index contributed by atoms with van der Waals surface area (Å²) in [6.07, 6.45) is 2.60. The third kappa shape index (κ3) is 1.95. The monoisotopic (exact) mass is 220 g/mol. The van der Waals surface area contributed by atoms with Gasteiger partial charge in [-0.25, -0.2) is 0 Å². The van der Waals surface area contributed by atoms with Crippen molar-refractivity contribution in [2.24, 2.45) is 0 Å². The van der Waals surface area contributed by atoms with Crippen LogP contribution in [0.5, 0.6) is 5.75 Å². The summed E-state index contributed by atoms with van der Waals surface area (Å²) in [5, 5.41) is 0. The molecule has 1 saturated heterocycles. The Morgan fingerprint density at radius 3 is 2.38 bits per heavy atom. The largest absolute Gasteiger partial charge is 0.497 e. The van der Waals surface area contributed by atoms with Crippen molar-refractivity contribution in [2.75, 3.05) is 20.3 Å². The van der Waals surface area contributed by atoms with Crippen LogP contribution in [-0.4, -0.2) is 26.6 Å². The minimum absolute atomic E-state index is 0.357. The smallest absolute Gasteiger partial charge is 0.130 e. The van der Waals surface area contributed by atoms with Crippen molar-refractivity contribution in [3.8, 4) is 5.75 Å². The zero-order chi connectivity index (χ0) is 11.4. The average molecular weight is 220 g/mol.